The largest absolute Gasteiger partial charge is 0.353 e. The van der Waals surface area contributed by atoms with Gasteiger partial charge >= 0.3 is 0 Å². The van der Waals surface area contributed by atoms with E-state index in [1.54, 1.807) is 0 Å². The van der Waals surface area contributed by atoms with Crippen molar-refractivity contribution in [3.8, 4) is 0 Å². The summed E-state index contributed by atoms with van der Waals surface area (Å²) in [4.78, 5) is 9.55. The van der Waals surface area contributed by atoms with Crippen LogP contribution in [0, 0.1) is 23.6 Å². The Hall–Kier alpha value is -0.940. The molecule has 1 saturated carbocycles. The Labute approximate surface area is 104 Å². The Kier molecular flexibility index (Phi) is 2.67. The van der Waals surface area contributed by atoms with Crippen LogP contribution in [0.15, 0.2) is 6.20 Å². The molecule has 1 aliphatic carbocycles. The molecule has 0 bridgehead atoms. The van der Waals surface area contributed by atoms with Gasteiger partial charge in [0, 0.05) is 13.1 Å². The highest BCUT2D eigenvalue weighted by Crippen LogP contribution is 2.54. The average molecular weight is 257 g/mol. The summed E-state index contributed by atoms with van der Waals surface area (Å²) >= 11 is 5.69. The first-order valence-electron chi connectivity index (χ1n) is 5.83. The minimum Gasteiger partial charge on any atom is -0.353 e. The molecule has 2 atom stereocenters. The van der Waals surface area contributed by atoms with Crippen molar-refractivity contribution < 1.29 is 4.39 Å². The van der Waals surface area contributed by atoms with E-state index in [1.165, 1.54) is 0 Å². The van der Waals surface area contributed by atoms with E-state index in [1.807, 2.05) is 4.90 Å². The maximum atomic E-state index is 13.6. The van der Waals surface area contributed by atoms with Crippen LogP contribution in [0.3, 0.4) is 0 Å². The van der Waals surface area contributed by atoms with E-state index in [0.717, 1.165) is 38.2 Å². The number of piperidine rings is 1. The van der Waals surface area contributed by atoms with E-state index < -0.39 is 5.82 Å². The summed E-state index contributed by atoms with van der Waals surface area (Å²) in [5.41, 5.74) is 5.55. The van der Waals surface area contributed by atoms with Crippen molar-refractivity contribution in [1.82, 2.24) is 9.97 Å². The number of nitrogens with two attached hydrogens (primary N) is 1. The molecule has 1 aromatic rings. The quantitative estimate of drug-likeness (QED) is 0.829. The summed E-state index contributed by atoms with van der Waals surface area (Å²) in [5, 5.41) is 0.0977. The molecule has 2 aliphatic rings. The molecule has 17 heavy (non-hydrogen) atoms. The Morgan fingerprint density at radius 2 is 2.18 bits per heavy atom. The van der Waals surface area contributed by atoms with E-state index in [4.69, 9.17) is 17.3 Å². The second-order valence-electron chi connectivity index (χ2n) is 4.78. The Morgan fingerprint density at radius 3 is 2.82 bits per heavy atom. The van der Waals surface area contributed by atoms with Gasteiger partial charge in [0.15, 0.2) is 11.6 Å². The lowest BCUT2D eigenvalue weighted by Gasteiger charge is -2.21. The third-order valence-corrected chi connectivity index (χ3v) is 4.05. The van der Waals surface area contributed by atoms with Gasteiger partial charge in [-0.1, -0.05) is 0 Å². The average Bonchev–Trinajstić information content (AvgIpc) is 2.76. The molecule has 1 aromatic heterocycles. The molecule has 3 rings (SSSR count). The highest BCUT2D eigenvalue weighted by Gasteiger charge is 2.55. The molecule has 1 aliphatic heterocycles. The number of fused-ring (bicyclic) bond motifs is 1. The molecule has 0 spiro atoms. The fourth-order valence-corrected chi connectivity index (χ4v) is 3.13. The van der Waals surface area contributed by atoms with Crippen LogP contribution in [0.5, 0.6) is 0 Å². The van der Waals surface area contributed by atoms with Crippen molar-refractivity contribution in [1.29, 1.82) is 0 Å². The number of nitrogens with zero attached hydrogens (tertiary/aromatic N) is 3. The van der Waals surface area contributed by atoms with Gasteiger partial charge in [-0.2, -0.15) is 4.98 Å². The van der Waals surface area contributed by atoms with E-state index in [2.05, 4.69) is 9.97 Å². The Balaban J connectivity index is 1.71. The highest BCUT2D eigenvalue weighted by molar-refractivity contribution is 6.28. The third kappa shape index (κ3) is 1.87. The van der Waals surface area contributed by atoms with Crippen LogP contribution in [0.1, 0.15) is 6.42 Å². The molecule has 2 heterocycles. The molecule has 92 valence electrons. The zero-order chi connectivity index (χ0) is 12.0. The highest BCUT2D eigenvalue weighted by atomic mass is 35.5. The van der Waals surface area contributed by atoms with Crippen LogP contribution in [-0.2, 0) is 0 Å². The van der Waals surface area contributed by atoms with Gasteiger partial charge in [-0.3, -0.25) is 0 Å². The SMILES string of the molecule is NCCC1C2CN(c3nc(Cl)ncc3F)CC12. The lowest BCUT2D eigenvalue weighted by Crippen LogP contribution is -2.26. The second-order valence-corrected chi connectivity index (χ2v) is 5.12. The van der Waals surface area contributed by atoms with Crippen LogP contribution in [0.25, 0.3) is 0 Å². The number of rotatable bonds is 3. The predicted octanol–water partition coefficient (Wildman–Crippen LogP) is 1.30. The number of hydrogen-bond acceptors (Lipinski definition) is 4. The van der Waals surface area contributed by atoms with Gasteiger partial charge in [-0.15, -0.1) is 0 Å². The first kappa shape index (κ1) is 11.2. The summed E-state index contributed by atoms with van der Waals surface area (Å²) in [6.45, 7) is 2.46. The van der Waals surface area contributed by atoms with Gasteiger partial charge in [-0.25, -0.2) is 9.37 Å². The van der Waals surface area contributed by atoms with Gasteiger partial charge < -0.3 is 10.6 Å². The van der Waals surface area contributed by atoms with Crippen LogP contribution in [0.4, 0.5) is 10.2 Å². The zero-order valence-corrected chi connectivity index (χ0v) is 10.1. The number of halogens is 2. The summed E-state index contributed by atoms with van der Waals surface area (Å²) in [6.07, 6.45) is 2.21. The van der Waals surface area contributed by atoms with Crippen LogP contribution < -0.4 is 10.6 Å². The molecular weight excluding hydrogens is 243 g/mol. The molecule has 1 saturated heterocycles. The molecule has 0 aromatic carbocycles. The smallest absolute Gasteiger partial charge is 0.224 e. The van der Waals surface area contributed by atoms with Crippen molar-refractivity contribution in [2.45, 2.75) is 6.42 Å². The summed E-state index contributed by atoms with van der Waals surface area (Å²) in [5.74, 6) is 1.99. The second kappa shape index (κ2) is 4.07. The number of hydrogen-bond donors (Lipinski definition) is 1. The zero-order valence-electron chi connectivity index (χ0n) is 9.31. The topological polar surface area (TPSA) is 55.0 Å². The Morgan fingerprint density at radius 1 is 1.47 bits per heavy atom. The molecular formula is C11H14ClFN4. The van der Waals surface area contributed by atoms with E-state index in [-0.39, 0.29) is 5.28 Å². The summed E-state index contributed by atoms with van der Waals surface area (Å²) in [6, 6.07) is 0. The minimum absolute atomic E-state index is 0.0977. The van der Waals surface area contributed by atoms with Gasteiger partial charge in [-0.05, 0) is 42.3 Å². The van der Waals surface area contributed by atoms with Gasteiger partial charge in [0.25, 0.3) is 0 Å². The van der Waals surface area contributed by atoms with Crippen LogP contribution >= 0.6 is 11.6 Å². The van der Waals surface area contributed by atoms with Crippen LogP contribution in [0.2, 0.25) is 5.28 Å². The van der Waals surface area contributed by atoms with E-state index in [9.17, 15) is 4.39 Å². The standard InChI is InChI=1S/C11H14ClFN4/c12-11-15-3-9(13)10(16-11)17-4-7-6(1-2-14)8(7)5-17/h3,6-8H,1-2,4-5,14H2. The molecule has 2 N–H and O–H groups in total. The number of anilines is 1. The molecule has 2 unspecified atom stereocenters. The molecule has 4 nitrogen and oxygen atoms in total. The molecule has 0 amide bonds. The summed E-state index contributed by atoms with van der Waals surface area (Å²) < 4.78 is 13.6. The van der Waals surface area contributed by atoms with Crippen LogP contribution in [-0.4, -0.2) is 29.6 Å². The fraction of sp³-hybridized carbons (Fsp3) is 0.636. The van der Waals surface area contributed by atoms with Gasteiger partial charge in [0.05, 0.1) is 6.20 Å². The third-order valence-electron chi connectivity index (χ3n) is 3.87. The normalized spacial score (nSPS) is 30.5. The predicted molar refractivity (Wildman–Crippen MR) is 63.4 cm³/mol. The van der Waals surface area contributed by atoms with Crippen molar-refractivity contribution in [2.24, 2.45) is 23.5 Å². The van der Waals surface area contributed by atoms with Crippen molar-refractivity contribution in [2.75, 3.05) is 24.5 Å². The Bertz CT molecular complexity index is 429. The van der Waals surface area contributed by atoms with E-state index in [0.29, 0.717) is 17.7 Å². The van der Waals surface area contributed by atoms with Crippen molar-refractivity contribution >= 4 is 17.4 Å². The van der Waals surface area contributed by atoms with Gasteiger partial charge in [0.2, 0.25) is 5.28 Å². The van der Waals surface area contributed by atoms with Crippen molar-refractivity contribution in [3.63, 3.8) is 0 Å². The summed E-state index contributed by atoms with van der Waals surface area (Å²) in [7, 11) is 0. The molecule has 0 radical (unpaired) electrons. The lowest BCUT2D eigenvalue weighted by molar-refractivity contribution is 0.572. The molecule has 2 fully saturated rings. The van der Waals surface area contributed by atoms with Gasteiger partial charge in [0.1, 0.15) is 0 Å². The molecule has 6 heteroatoms. The minimum atomic E-state index is -0.397. The lowest BCUT2D eigenvalue weighted by atomic mass is 10.2. The van der Waals surface area contributed by atoms with Crippen molar-refractivity contribution in [3.05, 3.63) is 17.3 Å². The maximum absolute atomic E-state index is 13.6. The van der Waals surface area contributed by atoms with E-state index >= 15 is 0 Å². The monoisotopic (exact) mass is 256 g/mol. The first-order chi connectivity index (χ1) is 8.20. The first-order valence-corrected chi connectivity index (χ1v) is 6.21. The maximum Gasteiger partial charge on any atom is 0.224 e. The fourth-order valence-electron chi connectivity index (χ4n) is 3.00. The number of aromatic nitrogens is 2.